The van der Waals surface area contributed by atoms with Crippen molar-refractivity contribution in [3.05, 3.63) is 24.0 Å². The number of nitrogens with zero attached hydrogens (tertiary/aromatic N) is 2. The molecule has 1 unspecified atom stereocenters. The van der Waals surface area contributed by atoms with Crippen molar-refractivity contribution in [3.63, 3.8) is 0 Å². The number of thioether (sulfide) groups is 1. The average Bonchev–Trinajstić information content (AvgIpc) is 2.37. The third-order valence-corrected chi connectivity index (χ3v) is 5.85. The van der Waals surface area contributed by atoms with Crippen molar-refractivity contribution in [2.45, 2.75) is 11.3 Å². The van der Waals surface area contributed by atoms with Crippen molar-refractivity contribution < 1.29 is 8.42 Å². The van der Waals surface area contributed by atoms with Gasteiger partial charge in [0.2, 0.25) is 0 Å². The lowest BCUT2D eigenvalue weighted by molar-refractivity contribution is 0.584. The molecule has 100 valence electrons. The molecule has 1 aromatic rings. The Kier molecular flexibility index (Phi) is 4.40. The Balaban J connectivity index is 2.40. The van der Waals surface area contributed by atoms with E-state index in [2.05, 4.69) is 4.98 Å². The number of pyridine rings is 1. The average molecular weight is 307 g/mol. The molecule has 1 aliphatic heterocycles. The van der Waals surface area contributed by atoms with Crippen molar-refractivity contribution in [1.29, 1.82) is 0 Å². The highest BCUT2D eigenvalue weighted by Crippen LogP contribution is 2.29. The fourth-order valence-electron chi connectivity index (χ4n) is 2.00. The lowest BCUT2D eigenvalue weighted by Gasteiger charge is -2.36. The Labute approximate surface area is 117 Å². The quantitative estimate of drug-likeness (QED) is 0.796. The van der Waals surface area contributed by atoms with Crippen LogP contribution in [0.1, 0.15) is 5.56 Å². The predicted octanol–water partition coefficient (Wildman–Crippen LogP) is 1.74. The zero-order valence-electron chi connectivity index (χ0n) is 10.0. The molecule has 2 heterocycles. The van der Waals surface area contributed by atoms with Gasteiger partial charge in [-0.15, -0.1) is 11.6 Å². The van der Waals surface area contributed by atoms with Crippen LogP contribution in [0.2, 0.25) is 0 Å². The summed E-state index contributed by atoms with van der Waals surface area (Å²) in [5.74, 6) is 1.87. The van der Waals surface area contributed by atoms with Crippen molar-refractivity contribution >= 4 is 38.9 Å². The van der Waals surface area contributed by atoms with Gasteiger partial charge in [-0.1, -0.05) is 0 Å². The summed E-state index contributed by atoms with van der Waals surface area (Å²) >= 11 is 7.57. The SMILES string of the molecule is CS(=O)(=O)C1CSCCN1c1cnccc1CCl. The van der Waals surface area contributed by atoms with E-state index in [0.29, 0.717) is 18.2 Å². The molecule has 18 heavy (non-hydrogen) atoms. The maximum absolute atomic E-state index is 11.9. The molecule has 0 saturated carbocycles. The van der Waals surface area contributed by atoms with Gasteiger partial charge in [0.1, 0.15) is 5.37 Å². The van der Waals surface area contributed by atoms with Crippen LogP contribution < -0.4 is 4.90 Å². The Bertz CT molecular complexity index is 522. The second kappa shape index (κ2) is 5.67. The molecule has 1 fully saturated rings. The standard InChI is InChI=1S/C11H15ClN2O2S2/c1-18(15,16)11-8-17-5-4-14(11)10-7-13-3-2-9(10)6-12/h2-3,7,11H,4-6,8H2,1H3. The molecule has 1 aromatic heterocycles. The van der Waals surface area contributed by atoms with Crippen LogP contribution in [0.25, 0.3) is 0 Å². The summed E-state index contributed by atoms with van der Waals surface area (Å²) in [6, 6.07) is 1.84. The first-order chi connectivity index (χ1) is 8.54. The van der Waals surface area contributed by atoms with E-state index < -0.39 is 15.2 Å². The third-order valence-electron chi connectivity index (χ3n) is 2.92. The third kappa shape index (κ3) is 2.92. The second-order valence-corrected chi connectivity index (χ2v) is 7.81. The van der Waals surface area contributed by atoms with Crippen LogP contribution in [0.5, 0.6) is 0 Å². The van der Waals surface area contributed by atoms with Gasteiger partial charge in [-0.25, -0.2) is 8.42 Å². The fraction of sp³-hybridized carbons (Fsp3) is 0.545. The molecule has 0 N–H and O–H groups in total. The van der Waals surface area contributed by atoms with E-state index in [-0.39, 0.29) is 0 Å². The molecule has 1 saturated heterocycles. The highest BCUT2D eigenvalue weighted by Gasteiger charge is 2.32. The van der Waals surface area contributed by atoms with E-state index in [1.807, 2.05) is 11.0 Å². The van der Waals surface area contributed by atoms with Gasteiger partial charge >= 0.3 is 0 Å². The van der Waals surface area contributed by atoms with Crippen molar-refractivity contribution in [2.75, 3.05) is 29.2 Å². The first-order valence-electron chi connectivity index (χ1n) is 5.56. The zero-order valence-corrected chi connectivity index (χ0v) is 12.4. The number of alkyl halides is 1. The summed E-state index contributed by atoms with van der Waals surface area (Å²) in [4.78, 5) is 6.00. The van der Waals surface area contributed by atoms with Gasteiger partial charge in [0.05, 0.1) is 11.9 Å². The van der Waals surface area contributed by atoms with Gasteiger partial charge in [-0.3, -0.25) is 4.98 Å². The van der Waals surface area contributed by atoms with Crippen LogP contribution >= 0.6 is 23.4 Å². The van der Waals surface area contributed by atoms with E-state index in [4.69, 9.17) is 11.6 Å². The van der Waals surface area contributed by atoms with Gasteiger partial charge in [0.25, 0.3) is 0 Å². The van der Waals surface area contributed by atoms with Crippen molar-refractivity contribution in [2.24, 2.45) is 0 Å². The van der Waals surface area contributed by atoms with Crippen LogP contribution in [-0.2, 0) is 15.7 Å². The minimum absolute atomic E-state index is 0.359. The van der Waals surface area contributed by atoms with Crippen LogP contribution in [-0.4, -0.2) is 43.1 Å². The second-order valence-electron chi connectivity index (χ2n) is 4.19. The summed E-state index contributed by atoms with van der Waals surface area (Å²) in [5.41, 5.74) is 1.76. The Morgan fingerprint density at radius 3 is 3.06 bits per heavy atom. The Morgan fingerprint density at radius 2 is 2.39 bits per heavy atom. The lowest BCUT2D eigenvalue weighted by atomic mass is 10.2. The summed E-state index contributed by atoms with van der Waals surface area (Å²) in [6.45, 7) is 0.706. The molecule has 0 aliphatic carbocycles. The van der Waals surface area contributed by atoms with Crippen LogP contribution in [0.3, 0.4) is 0 Å². The van der Waals surface area contributed by atoms with E-state index in [1.165, 1.54) is 6.26 Å². The number of halogens is 1. The van der Waals surface area contributed by atoms with E-state index >= 15 is 0 Å². The smallest absolute Gasteiger partial charge is 0.169 e. The van der Waals surface area contributed by atoms with Gasteiger partial charge in [-0.2, -0.15) is 11.8 Å². The molecule has 1 atom stereocenters. The molecular formula is C11H15ClN2O2S2. The summed E-state index contributed by atoms with van der Waals surface area (Å²) in [7, 11) is -3.11. The summed E-state index contributed by atoms with van der Waals surface area (Å²) in [5, 5.41) is -0.484. The zero-order chi connectivity index (χ0) is 13.2. The number of anilines is 1. The number of hydrogen-bond donors (Lipinski definition) is 0. The maximum Gasteiger partial charge on any atom is 0.169 e. The van der Waals surface area contributed by atoms with Crippen molar-refractivity contribution in [3.8, 4) is 0 Å². The van der Waals surface area contributed by atoms with Crippen molar-refractivity contribution in [1.82, 2.24) is 4.98 Å². The summed E-state index contributed by atoms with van der Waals surface area (Å²) < 4.78 is 23.7. The molecule has 1 aliphatic rings. The molecule has 7 heteroatoms. The van der Waals surface area contributed by atoms with E-state index in [0.717, 1.165) is 17.0 Å². The maximum atomic E-state index is 11.9. The van der Waals surface area contributed by atoms with Crippen LogP contribution in [0, 0.1) is 0 Å². The topological polar surface area (TPSA) is 50.3 Å². The van der Waals surface area contributed by atoms with Crippen LogP contribution in [0.15, 0.2) is 18.5 Å². The number of hydrogen-bond acceptors (Lipinski definition) is 5. The minimum Gasteiger partial charge on any atom is -0.352 e. The molecule has 0 radical (unpaired) electrons. The van der Waals surface area contributed by atoms with Gasteiger partial charge in [0.15, 0.2) is 9.84 Å². The van der Waals surface area contributed by atoms with Crippen LogP contribution in [0.4, 0.5) is 5.69 Å². The first kappa shape index (κ1) is 14.0. The van der Waals surface area contributed by atoms with Gasteiger partial charge in [0, 0.05) is 36.4 Å². The Morgan fingerprint density at radius 1 is 1.61 bits per heavy atom. The van der Waals surface area contributed by atoms with Gasteiger partial charge in [-0.05, 0) is 11.6 Å². The normalized spacial score (nSPS) is 21.0. The molecule has 2 rings (SSSR count). The molecule has 0 aromatic carbocycles. The highest BCUT2D eigenvalue weighted by atomic mass is 35.5. The minimum atomic E-state index is -3.11. The molecule has 0 amide bonds. The summed E-state index contributed by atoms with van der Waals surface area (Å²) in [6.07, 6.45) is 4.66. The molecular weight excluding hydrogens is 292 g/mol. The number of sulfone groups is 1. The predicted molar refractivity (Wildman–Crippen MR) is 77.1 cm³/mol. The van der Waals surface area contributed by atoms with E-state index in [1.54, 1.807) is 24.2 Å². The molecule has 4 nitrogen and oxygen atoms in total. The number of aromatic nitrogens is 1. The largest absolute Gasteiger partial charge is 0.352 e. The van der Waals surface area contributed by atoms with Gasteiger partial charge < -0.3 is 4.90 Å². The first-order valence-corrected chi connectivity index (χ1v) is 9.20. The molecule has 0 bridgehead atoms. The monoisotopic (exact) mass is 306 g/mol. The number of rotatable bonds is 3. The fourth-order valence-corrected chi connectivity index (χ4v) is 5.06. The molecule has 0 spiro atoms. The lowest BCUT2D eigenvalue weighted by Crippen LogP contribution is -2.47. The van der Waals surface area contributed by atoms with E-state index in [9.17, 15) is 8.42 Å². The highest BCUT2D eigenvalue weighted by molar-refractivity contribution is 8.01. The Hall–Kier alpha value is -0.460.